The molecule has 154 valence electrons. The largest absolute Gasteiger partial charge is 0.484 e. The molecule has 2 aromatic heterocycles. The molecule has 0 saturated heterocycles. The highest BCUT2D eigenvalue weighted by Gasteiger charge is 2.15. The van der Waals surface area contributed by atoms with Crippen LogP contribution in [0.5, 0.6) is 5.75 Å². The Labute approximate surface area is 180 Å². The lowest BCUT2D eigenvalue weighted by Crippen LogP contribution is -2.20. The molecule has 0 aliphatic carbocycles. The van der Waals surface area contributed by atoms with Gasteiger partial charge in [0.1, 0.15) is 5.75 Å². The summed E-state index contributed by atoms with van der Waals surface area (Å²) in [5.41, 5.74) is 1.29. The Bertz CT molecular complexity index is 1280. The van der Waals surface area contributed by atoms with Gasteiger partial charge in [0.2, 0.25) is 0 Å². The van der Waals surface area contributed by atoms with Crippen LogP contribution < -0.4 is 14.8 Å². The van der Waals surface area contributed by atoms with Crippen LogP contribution in [0.15, 0.2) is 58.9 Å². The number of nitrogens with zero attached hydrogens (tertiary/aromatic N) is 2. The highest BCUT2D eigenvalue weighted by atomic mass is 32.2. The standard InChI is InChI=1S/C19H16N4O4S3/c1-12-21-16-10-14(4-7-17(16)29-12)27-11-18(24)22-13-2-5-15(6-3-13)30(25,26)23-19-20-8-9-28-19/h2-10H,11H2,1H3,(H,20,23)(H,22,24). The van der Waals surface area contributed by atoms with Crippen molar-refractivity contribution in [2.75, 3.05) is 16.6 Å². The quantitative estimate of drug-likeness (QED) is 0.433. The minimum atomic E-state index is -3.74. The van der Waals surface area contributed by atoms with E-state index in [2.05, 4.69) is 20.0 Å². The predicted molar refractivity (Wildman–Crippen MR) is 118 cm³/mol. The number of hydrogen-bond donors (Lipinski definition) is 2. The molecule has 0 unspecified atom stereocenters. The van der Waals surface area contributed by atoms with Crippen molar-refractivity contribution in [1.82, 2.24) is 9.97 Å². The van der Waals surface area contributed by atoms with Gasteiger partial charge in [-0.25, -0.2) is 18.4 Å². The van der Waals surface area contributed by atoms with Crippen molar-refractivity contribution >= 4 is 59.6 Å². The molecule has 30 heavy (non-hydrogen) atoms. The molecule has 2 heterocycles. The molecule has 0 saturated carbocycles. The number of aryl methyl sites for hydroxylation is 1. The first-order valence-corrected chi connectivity index (χ1v) is 11.9. The van der Waals surface area contributed by atoms with Crippen LogP contribution in [0.1, 0.15) is 5.01 Å². The number of carbonyl (C=O) groups is 1. The molecular weight excluding hydrogens is 444 g/mol. The third-order valence-corrected chi connectivity index (χ3v) is 7.06. The number of sulfonamides is 1. The van der Waals surface area contributed by atoms with Gasteiger partial charge in [0, 0.05) is 23.3 Å². The van der Waals surface area contributed by atoms with E-state index < -0.39 is 10.0 Å². The molecule has 0 aliphatic rings. The maximum absolute atomic E-state index is 12.3. The van der Waals surface area contributed by atoms with E-state index in [4.69, 9.17) is 4.74 Å². The van der Waals surface area contributed by atoms with E-state index in [1.165, 1.54) is 41.8 Å². The molecule has 1 amide bonds. The van der Waals surface area contributed by atoms with Crippen LogP contribution in [0.4, 0.5) is 10.8 Å². The van der Waals surface area contributed by atoms with Gasteiger partial charge in [-0.3, -0.25) is 9.52 Å². The van der Waals surface area contributed by atoms with Crippen molar-refractivity contribution < 1.29 is 17.9 Å². The van der Waals surface area contributed by atoms with E-state index in [-0.39, 0.29) is 22.5 Å². The number of rotatable bonds is 7. The SMILES string of the molecule is Cc1nc2cc(OCC(=O)Nc3ccc(S(=O)(=O)Nc4nccs4)cc3)ccc2s1. The van der Waals surface area contributed by atoms with Gasteiger partial charge in [-0.2, -0.15) is 0 Å². The molecule has 0 bridgehead atoms. The summed E-state index contributed by atoms with van der Waals surface area (Å²) < 4.78 is 33.7. The van der Waals surface area contributed by atoms with Crippen molar-refractivity contribution in [2.45, 2.75) is 11.8 Å². The normalized spacial score (nSPS) is 11.4. The average molecular weight is 461 g/mol. The molecule has 0 spiro atoms. The molecule has 4 rings (SSSR count). The van der Waals surface area contributed by atoms with Gasteiger partial charge in [0.05, 0.1) is 20.1 Å². The number of aromatic nitrogens is 2. The Kier molecular flexibility index (Phi) is 5.66. The average Bonchev–Trinajstić information content (AvgIpc) is 3.34. The van der Waals surface area contributed by atoms with E-state index in [9.17, 15) is 13.2 Å². The lowest BCUT2D eigenvalue weighted by Gasteiger charge is -2.09. The van der Waals surface area contributed by atoms with Crippen LogP contribution in [-0.4, -0.2) is 30.9 Å². The first-order chi connectivity index (χ1) is 14.4. The number of benzene rings is 2. The van der Waals surface area contributed by atoms with Gasteiger partial charge in [0.25, 0.3) is 15.9 Å². The fourth-order valence-corrected chi connectivity index (χ4v) is 5.22. The maximum Gasteiger partial charge on any atom is 0.263 e. The van der Waals surface area contributed by atoms with E-state index in [1.807, 2.05) is 13.0 Å². The van der Waals surface area contributed by atoms with E-state index in [0.717, 1.165) is 15.2 Å². The van der Waals surface area contributed by atoms with Crippen molar-refractivity contribution in [3.05, 3.63) is 59.0 Å². The van der Waals surface area contributed by atoms with Gasteiger partial charge in [-0.1, -0.05) is 0 Å². The first kappa shape index (κ1) is 20.3. The Morgan fingerprint density at radius 2 is 1.97 bits per heavy atom. The molecule has 11 heteroatoms. The summed E-state index contributed by atoms with van der Waals surface area (Å²) in [6.45, 7) is 1.75. The van der Waals surface area contributed by atoms with Crippen LogP contribution in [-0.2, 0) is 14.8 Å². The maximum atomic E-state index is 12.3. The van der Waals surface area contributed by atoms with E-state index in [1.54, 1.807) is 28.8 Å². The van der Waals surface area contributed by atoms with Gasteiger partial charge in [-0.15, -0.1) is 22.7 Å². The van der Waals surface area contributed by atoms with E-state index >= 15 is 0 Å². The van der Waals surface area contributed by atoms with Gasteiger partial charge < -0.3 is 10.1 Å². The smallest absolute Gasteiger partial charge is 0.263 e. The lowest BCUT2D eigenvalue weighted by atomic mass is 10.3. The van der Waals surface area contributed by atoms with Gasteiger partial charge in [-0.05, 0) is 43.3 Å². The number of thiazole rings is 2. The highest BCUT2D eigenvalue weighted by molar-refractivity contribution is 7.93. The molecule has 0 radical (unpaired) electrons. The zero-order valence-electron chi connectivity index (χ0n) is 15.7. The van der Waals surface area contributed by atoms with E-state index in [0.29, 0.717) is 11.4 Å². The molecule has 4 aromatic rings. The summed E-state index contributed by atoms with van der Waals surface area (Å²) in [5.74, 6) is 0.193. The Hall–Kier alpha value is -3.02. The Morgan fingerprint density at radius 1 is 1.17 bits per heavy atom. The molecule has 2 aromatic carbocycles. The summed E-state index contributed by atoms with van der Waals surface area (Å²) >= 11 is 2.78. The van der Waals surface area contributed by atoms with Crippen molar-refractivity contribution in [1.29, 1.82) is 0 Å². The Balaban J connectivity index is 1.34. The van der Waals surface area contributed by atoms with Crippen molar-refractivity contribution in [3.8, 4) is 5.75 Å². The summed E-state index contributed by atoms with van der Waals surface area (Å²) in [5, 5.41) is 5.60. The first-order valence-electron chi connectivity index (χ1n) is 8.71. The minimum Gasteiger partial charge on any atom is -0.484 e. The van der Waals surface area contributed by atoms with Gasteiger partial charge in [0.15, 0.2) is 11.7 Å². The lowest BCUT2D eigenvalue weighted by molar-refractivity contribution is -0.118. The topological polar surface area (TPSA) is 110 Å². The van der Waals surface area contributed by atoms with Crippen molar-refractivity contribution in [3.63, 3.8) is 0 Å². The summed E-state index contributed by atoms with van der Waals surface area (Å²) in [7, 11) is -3.74. The van der Waals surface area contributed by atoms with Crippen molar-refractivity contribution in [2.24, 2.45) is 0 Å². The van der Waals surface area contributed by atoms with Crippen LogP contribution in [0, 0.1) is 6.92 Å². The fraction of sp³-hybridized carbons (Fsp3) is 0.105. The van der Waals surface area contributed by atoms with Crippen LogP contribution in [0.25, 0.3) is 10.2 Å². The summed E-state index contributed by atoms with van der Waals surface area (Å²) in [4.78, 5) is 20.5. The second-order valence-electron chi connectivity index (χ2n) is 6.17. The third kappa shape index (κ3) is 4.75. The van der Waals surface area contributed by atoms with Crippen LogP contribution in [0.2, 0.25) is 0 Å². The number of hydrogen-bond acceptors (Lipinski definition) is 8. The number of carbonyl (C=O) groups excluding carboxylic acids is 1. The monoisotopic (exact) mass is 460 g/mol. The Morgan fingerprint density at radius 3 is 2.70 bits per heavy atom. The van der Waals surface area contributed by atoms with Crippen LogP contribution in [0.3, 0.4) is 0 Å². The zero-order chi connectivity index (χ0) is 21.1. The molecule has 0 aliphatic heterocycles. The second kappa shape index (κ2) is 8.38. The summed E-state index contributed by atoms with van der Waals surface area (Å²) in [6.07, 6.45) is 1.51. The number of anilines is 2. The van der Waals surface area contributed by atoms with Gasteiger partial charge >= 0.3 is 0 Å². The molecule has 0 atom stereocenters. The highest BCUT2D eigenvalue weighted by Crippen LogP contribution is 2.25. The zero-order valence-corrected chi connectivity index (χ0v) is 18.1. The minimum absolute atomic E-state index is 0.0683. The number of ether oxygens (including phenoxy) is 1. The molecule has 8 nitrogen and oxygen atoms in total. The third-order valence-electron chi connectivity index (χ3n) is 3.94. The number of fused-ring (bicyclic) bond motifs is 1. The second-order valence-corrected chi connectivity index (χ2v) is 9.98. The predicted octanol–water partition coefficient (Wildman–Crippen LogP) is 3.88. The molecule has 2 N–H and O–H groups in total. The number of amides is 1. The molecular formula is C19H16N4O4S3. The van der Waals surface area contributed by atoms with Crippen LogP contribution >= 0.6 is 22.7 Å². The number of nitrogens with one attached hydrogen (secondary N) is 2. The summed E-state index contributed by atoms with van der Waals surface area (Å²) in [6, 6.07) is 11.3. The molecule has 0 fully saturated rings. The fourth-order valence-electron chi connectivity index (χ4n) is 2.62.